The molecule has 0 amide bonds. The molecule has 8 heteroatoms. The van der Waals surface area contributed by atoms with Crippen molar-refractivity contribution >= 4 is 20.2 Å². The molecule has 0 atom stereocenters. The molecular weight excluding hydrogens is 257 g/mol. The van der Waals surface area contributed by atoms with Crippen molar-refractivity contribution in [2.45, 2.75) is 16.7 Å². The summed E-state index contributed by atoms with van der Waals surface area (Å²) in [6.45, 7) is 1.48. The van der Waals surface area contributed by atoms with Gasteiger partial charge in [-0.1, -0.05) is 6.07 Å². The lowest BCUT2D eigenvalue weighted by Gasteiger charge is -2.06. The molecule has 1 aromatic carbocycles. The lowest BCUT2D eigenvalue weighted by molar-refractivity contribution is 0.551. The second-order valence-corrected chi connectivity index (χ2v) is 6.27. The van der Waals surface area contributed by atoms with E-state index in [9.17, 15) is 20.7 Å². The van der Waals surface area contributed by atoms with E-state index in [-0.39, 0.29) is 4.90 Å². The standard InChI is InChI=1S/C8H10FNO4S2/c1-6-3-4-7(15(9,11)12)5-8(6)16(13,14)10-2/h3-5,10H,1-2H3. The number of nitrogens with one attached hydrogen (secondary N) is 1. The van der Waals surface area contributed by atoms with Crippen molar-refractivity contribution in [1.29, 1.82) is 0 Å². The largest absolute Gasteiger partial charge is 0.332 e. The Morgan fingerprint density at radius 1 is 1.19 bits per heavy atom. The highest BCUT2D eigenvalue weighted by Crippen LogP contribution is 2.20. The van der Waals surface area contributed by atoms with Gasteiger partial charge in [-0.25, -0.2) is 13.1 Å². The maximum Gasteiger partial charge on any atom is 0.332 e. The van der Waals surface area contributed by atoms with Crippen LogP contribution in [-0.4, -0.2) is 23.9 Å². The molecule has 0 aliphatic carbocycles. The van der Waals surface area contributed by atoms with Gasteiger partial charge in [0, 0.05) is 0 Å². The molecule has 0 unspecified atom stereocenters. The fourth-order valence-electron chi connectivity index (χ4n) is 1.13. The van der Waals surface area contributed by atoms with Crippen molar-refractivity contribution in [1.82, 2.24) is 4.72 Å². The summed E-state index contributed by atoms with van der Waals surface area (Å²) in [6, 6.07) is 3.03. The van der Waals surface area contributed by atoms with Crippen LogP contribution in [0.3, 0.4) is 0 Å². The minimum Gasteiger partial charge on any atom is -0.214 e. The molecule has 1 aromatic rings. The number of aryl methyl sites for hydroxylation is 1. The van der Waals surface area contributed by atoms with E-state index in [1.165, 1.54) is 20.0 Å². The number of hydrogen-bond acceptors (Lipinski definition) is 4. The van der Waals surface area contributed by atoms with Crippen LogP contribution in [0.5, 0.6) is 0 Å². The van der Waals surface area contributed by atoms with E-state index in [4.69, 9.17) is 0 Å². The van der Waals surface area contributed by atoms with E-state index in [0.29, 0.717) is 5.56 Å². The quantitative estimate of drug-likeness (QED) is 0.811. The van der Waals surface area contributed by atoms with Crippen LogP contribution in [0.4, 0.5) is 3.89 Å². The topological polar surface area (TPSA) is 80.3 Å². The van der Waals surface area contributed by atoms with E-state index in [0.717, 1.165) is 12.1 Å². The summed E-state index contributed by atoms with van der Waals surface area (Å²) in [4.78, 5) is -0.930. The third-order valence-corrected chi connectivity index (χ3v) is 4.37. The third kappa shape index (κ3) is 2.57. The van der Waals surface area contributed by atoms with E-state index in [2.05, 4.69) is 0 Å². The Labute approximate surface area is 93.6 Å². The zero-order chi connectivity index (χ0) is 12.6. The maximum atomic E-state index is 12.7. The summed E-state index contributed by atoms with van der Waals surface area (Å²) in [5, 5.41) is 0. The van der Waals surface area contributed by atoms with Gasteiger partial charge in [-0.15, -0.1) is 3.89 Å². The molecule has 0 aliphatic rings. The van der Waals surface area contributed by atoms with Crippen LogP contribution >= 0.6 is 0 Å². The molecule has 1 N–H and O–H groups in total. The molecule has 0 heterocycles. The summed E-state index contributed by atoms with van der Waals surface area (Å²) in [5.74, 6) is 0. The zero-order valence-electron chi connectivity index (χ0n) is 8.56. The maximum absolute atomic E-state index is 12.7. The molecule has 1 rings (SSSR count). The average Bonchev–Trinajstić information content (AvgIpc) is 2.16. The third-order valence-electron chi connectivity index (χ3n) is 2.00. The van der Waals surface area contributed by atoms with Crippen molar-refractivity contribution < 1.29 is 20.7 Å². The Morgan fingerprint density at radius 2 is 1.75 bits per heavy atom. The molecule has 0 saturated carbocycles. The second kappa shape index (κ2) is 4.11. The molecule has 0 saturated heterocycles. The van der Waals surface area contributed by atoms with Crippen LogP contribution in [-0.2, 0) is 20.2 Å². The summed E-state index contributed by atoms with van der Waals surface area (Å²) in [5.41, 5.74) is 0.335. The van der Waals surface area contributed by atoms with Crippen LogP contribution in [0.2, 0.25) is 0 Å². The van der Waals surface area contributed by atoms with E-state index >= 15 is 0 Å². The number of sulfonamides is 1. The van der Waals surface area contributed by atoms with Gasteiger partial charge >= 0.3 is 10.2 Å². The van der Waals surface area contributed by atoms with Gasteiger partial charge in [-0.3, -0.25) is 0 Å². The first-order chi connectivity index (χ1) is 7.18. The van der Waals surface area contributed by atoms with Crippen LogP contribution in [0, 0.1) is 6.92 Å². The SMILES string of the molecule is CNS(=O)(=O)c1cc(S(=O)(=O)F)ccc1C. The number of hydrogen-bond donors (Lipinski definition) is 1. The fourth-order valence-corrected chi connectivity index (χ4v) is 2.69. The monoisotopic (exact) mass is 267 g/mol. The van der Waals surface area contributed by atoms with Crippen LogP contribution < -0.4 is 4.72 Å². The first-order valence-electron chi connectivity index (χ1n) is 4.17. The lowest BCUT2D eigenvalue weighted by Crippen LogP contribution is -2.19. The minimum absolute atomic E-state index is 0.256. The van der Waals surface area contributed by atoms with Gasteiger partial charge < -0.3 is 0 Å². The summed E-state index contributed by atoms with van der Waals surface area (Å²) in [6.07, 6.45) is 0. The molecule has 0 aromatic heterocycles. The Bertz CT molecular complexity index is 607. The van der Waals surface area contributed by atoms with Crippen molar-refractivity contribution in [3.63, 3.8) is 0 Å². The van der Waals surface area contributed by atoms with Crippen LogP contribution in [0.1, 0.15) is 5.56 Å². The lowest BCUT2D eigenvalue weighted by atomic mass is 10.2. The molecular formula is C8H10FNO4S2. The van der Waals surface area contributed by atoms with Gasteiger partial charge in [-0.2, -0.15) is 8.42 Å². The molecule has 0 fully saturated rings. The predicted molar refractivity (Wildman–Crippen MR) is 55.7 cm³/mol. The normalized spacial score (nSPS) is 12.7. The summed E-state index contributed by atoms with van der Waals surface area (Å²) in [7, 11) is -7.51. The van der Waals surface area contributed by atoms with E-state index in [1.807, 2.05) is 4.72 Å². The average molecular weight is 267 g/mol. The van der Waals surface area contributed by atoms with Gasteiger partial charge in [0.2, 0.25) is 10.0 Å². The Kier molecular flexibility index (Phi) is 3.36. The first kappa shape index (κ1) is 13.1. The Hall–Kier alpha value is -0.990. The van der Waals surface area contributed by atoms with Gasteiger partial charge in [0.05, 0.1) is 9.79 Å². The van der Waals surface area contributed by atoms with Crippen molar-refractivity contribution in [3.8, 4) is 0 Å². The highest BCUT2D eigenvalue weighted by molar-refractivity contribution is 7.89. The van der Waals surface area contributed by atoms with Crippen molar-refractivity contribution in [3.05, 3.63) is 23.8 Å². The summed E-state index contributed by atoms with van der Waals surface area (Å²) < 4.78 is 58.9. The number of halogens is 1. The highest BCUT2D eigenvalue weighted by atomic mass is 32.3. The molecule has 0 spiro atoms. The van der Waals surface area contributed by atoms with Crippen LogP contribution in [0.25, 0.3) is 0 Å². The highest BCUT2D eigenvalue weighted by Gasteiger charge is 2.19. The van der Waals surface area contributed by atoms with E-state index in [1.54, 1.807) is 0 Å². The van der Waals surface area contributed by atoms with Gasteiger partial charge in [0.1, 0.15) is 0 Å². The zero-order valence-corrected chi connectivity index (χ0v) is 10.2. The molecule has 90 valence electrons. The molecule has 0 bridgehead atoms. The first-order valence-corrected chi connectivity index (χ1v) is 7.04. The minimum atomic E-state index is -4.90. The van der Waals surface area contributed by atoms with Gasteiger partial charge in [-0.05, 0) is 31.7 Å². The van der Waals surface area contributed by atoms with Crippen molar-refractivity contribution in [2.75, 3.05) is 7.05 Å². The van der Waals surface area contributed by atoms with Crippen molar-refractivity contribution in [2.24, 2.45) is 0 Å². The van der Waals surface area contributed by atoms with E-state index < -0.39 is 25.1 Å². The number of rotatable bonds is 3. The smallest absolute Gasteiger partial charge is 0.214 e. The number of benzene rings is 1. The molecule has 5 nitrogen and oxygen atoms in total. The predicted octanol–water partition coefficient (Wildman–Crippen LogP) is 0.561. The molecule has 0 aliphatic heterocycles. The Morgan fingerprint density at radius 3 is 2.19 bits per heavy atom. The fraction of sp³-hybridized carbons (Fsp3) is 0.250. The molecule has 16 heavy (non-hydrogen) atoms. The van der Waals surface area contributed by atoms with Gasteiger partial charge in [0.15, 0.2) is 0 Å². The Balaban J connectivity index is 3.54. The van der Waals surface area contributed by atoms with Crippen LogP contribution in [0.15, 0.2) is 28.0 Å². The molecule has 0 radical (unpaired) electrons. The second-order valence-electron chi connectivity index (χ2n) is 3.07. The summed E-state index contributed by atoms with van der Waals surface area (Å²) >= 11 is 0. The van der Waals surface area contributed by atoms with Gasteiger partial charge in [0.25, 0.3) is 0 Å².